The number of aliphatic hydroxyl groups is 1. The number of nitrogens with one attached hydrogen (secondary N) is 7. The second-order valence-electron chi connectivity index (χ2n) is 33.5. The predicted octanol–water partition coefficient (Wildman–Crippen LogP) is 28.3. The second kappa shape index (κ2) is 46.9. The molecule has 0 spiro atoms. The van der Waals surface area contributed by atoms with E-state index >= 15 is 0 Å². The zero-order valence-electron chi connectivity index (χ0n) is 74.6. The molecule has 2 atom stereocenters. The molecule has 19 rings (SSSR count). The molecule has 27 heteroatoms. The van der Waals surface area contributed by atoms with Crippen LogP contribution in [0.2, 0.25) is 5.02 Å². The maximum atomic E-state index is 12.4. The lowest BCUT2D eigenvalue weighted by Crippen LogP contribution is -2.21. The van der Waals surface area contributed by atoms with Crippen molar-refractivity contribution in [1.82, 2.24) is 24.9 Å². The molecule has 2 aliphatic carbocycles. The Balaban J connectivity index is 0.000000129. The molecule has 11 heterocycles. The summed E-state index contributed by atoms with van der Waals surface area (Å²) in [5, 5.41) is 47.6. The number of hydrogen-bond donors (Lipinski definition) is 9. The standard InChI is InChI=1S/C21H22N2O2.C20H20N2OS.C19H18N2OS.C18H20N2O2S.C15H10ClNOS2.C14H10N2OS2/c1-21(2,3)16-6-8-17(9-7-16)23-20(25)19-12-15(13-22-19)14-4-10-18(24)11-5-14;1-14(2)12-15-5-7-16(8-6-15)18-9-10-19(24-18)20(23)22-17-4-3-11-21-13-17;1-13(2)14-5-7-15(8-6-14)17-9-10-18(23-17)19(22)21-16-4-3-11-20-12-16;21-15-7-6-14(9-15)17(22)20-18-19-16(10-23-18)13-5-4-11-2-1-3-12(11)8-13;16-11-1-3-12(4-2-11)17-15(18)14-6-5-13(20-14)10-7-8-19-9-10;17-14(16-11-2-1-6-15-8-11)13-4-3-12(19-13)10-5-7-18-9-10/h4-13,22,24H,1-3H3,(H,23,25);3-11,13-14H,12H2,1-2H3,(H,22,23);3-13H,1-2H3,(H,21,22);4-5,8,10,14-15,21H,1-3,6-7,9H2,(H,19,20,22);1-9H,(H,17,18);1-9H,(H,16,17). The highest BCUT2D eigenvalue weighted by molar-refractivity contribution is 7.19. The number of aromatic amines is 1. The lowest BCUT2D eigenvalue weighted by molar-refractivity contribution is -0.119. The van der Waals surface area contributed by atoms with Crippen molar-refractivity contribution in [3.05, 3.63) is 371 Å². The quantitative estimate of drug-likeness (QED) is 0.0325. The lowest BCUT2D eigenvalue weighted by atomic mass is 9.87. The van der Waals surface area contributed by atoms with Gasteiger partial charge in [-0.1, -0.05) is 145 Å². The van der Waals surface area contributed by atoms with Crippen LogP contribution in [0, 0.1) is 11.8 Å². The minimum Gasteiger partial charge on any atom is -0.508 e. The van der Waals surface area contributed by atoms with Gasteiger partial charge in [-0.3, -0.25) is 43.7 Å². The monoisotopic (exact) mass is 1930 g/mol. The van der Waals surface area contributed by atoms with Gasteiger partial charge < -0.3 is 47.1 Å². The Hall–Kier alpha value is -13.3. The number of amides is 6. The van der Waals surface area contributed by atoms with Gasteiger partial charge in [0.1, 0.15) is 11.4 Å². The van der Waals surface area contributed by atoms with Crippen LogP contribution < -0.4 is 31.9 Å². The van der Waals surface area contributed by atoms with Gasteiger partial charge in [-0.2, -0.15) is 22.7 Å². The number of phenols is 1. The number of thiazole rings is 1. The Kier molecular flexibility index (Phi) is 33.9. The number of phenolic OH excluding ortho intramolecular Hbond substituents is 1. The molecule has 11 aromatic heterocycles. The number of aromatic nitrogens is 5. The minimum atomic E-state index is -0.330. The molecule has 1 saturated carbocycles. The third kappa shape index (κ3) is 27.9. The third-order valence-corrected chi connectivity index (χ3v) is 28.5. The molecule has 1 fully saturated rings. The van der Waals surface area contributed by atoms with E-state index in [9.17, 15) is 39.0 Å². The number of pyridine rings is 3. The van der Waals surface area contributed by atoms with Gasteiger partial charge in [0.05, 0.1) is 67.0 Å². The Morgan fingerprint density at radius 1 is 0.463 bits per heavy atom. The van der Waals surface area contributed by atoms with Gasteiger partial charge in [0, 0.05) is 88.7 Å². The summed E-state index contributed by atoms with van der Waals surface area (Å²) < 4.78 is 0. The number of carbonyl (C=O) groups excluding carboxylic acids is 6. The van der Waals surface area contributed by atoms with E-state index in [1.54, 1.807) is 127 Å². The molecule has 2 unspecified atom stereocenters. The highest BCUT2D eigenvalue weighted by Gasteiger charge is 2.30. The van der Waals surface area contributed by atoms with Crippen LogP contribution >= 0.6 is 91.0 Å². The maximum Gasteiger partial charge on any atom is 0.272 e. The van der Waals surface area contributed by atoms with Crippen molar-refractivity contribution in [2.45, 2.75) is 111 Å². The van der Waals surface area contributed by atoms with Gasteiger partial charge in [0.25, 0.3) is 29.5 Å². The largest absolute Gasteiger partial charge is 0.508 e. The fourth-order valence-corrected chi connectivity index (χ4v) is 20.3. The number of thiophene rings is 6. The average Bonchev–Trinajstić information content (AvgIpc) is 1.67. The van der Waals surface area contributed by atoms with Crippen molar-refractivity contribution in [2.24, 2.45) is 11.8 Å². The highest BCUT2D eigenvalue weighted by Crippen LogP contribution is 2.38. The average molecular weight is 1930 g/mol. The molecule has 0 radical (unpaired) electrons. The molecule has 17 aromatic rings. The number of anilines is 6. The molecular weight excluding hydrogens is 1830 g/mol. The number of halogens is 1. The molecular formula is C107H100ClN11O8S7. The van der Waals surface area contributed by atoms with Crippen molar-refractivity contribution in [2.75, 3.05) is 31.9 Å². The maximum absolute atomic E-state index is 12.4. The molecule has 680 valence electrons. The van der Waals surface area contributed by atoms with Crippen LogP contribution in [0.25, 0.3) is 64.1 Å². The molecule has 0 bridgehead atoms. The van der Waals surface area contributed by atoms with Gasteiger partial charge in [-0.15, -0.1) is 56.7 Å². The Morgan fingerprint density at radius 3 is 1.38 bits per heavy atom. The van der Waals surface area contributed by atoms with E-state index in [-0.39, 0.29) is 58.6 Å². The van der Waals surface area contributed by atoms with Crippen LogP contribution in [0.1, 0.15) is 157 Å². The summed E-state index contributed by atoms with van der Waals surface area (Å²) in [6.07, 6.45) is 18.1. The number of H-pyrrole nitrogens is 1. The summed E-state index contributed by atoms with van der Waals surface area (Å²) in [6.45, 7) is 15.3. The van der Waals surface area contributed by atoms with Crippen molar-refractivity contribution in [3.8, 4) is 69.9 Å². The smallest absolute Gasteiger partial charge is 0.272 e. The van der Waals surface area contributed by atoms with Crippen LogP contribution in [-0.2, 0) is 29.5 Å². The number of aliphatic hydroxyl groups excluding tert-OH is 1. The highest BCUT2D eigenvalue weighted by atomic mass is 35.5. The molecule has 19 nitrogen and oxygen atoms in total. The van der Waals surface area contributed by atoms with E-state index in [1.165, 1.54) is 97.3 Å². The van der Waals surface area contributed by atoms with Gasteiger partial charge in [-0.25, -0.2) is 4.98 Å². The van der Waals surface area contributed by atoms with Crippen molar-refractivity contribution < 1.29 is 39.0 Å². The summed E-state index contributed by atoms with van der Waals surface area (Å²) in [5.74, 6) is 0.703. The summed E-state index contributed by atoms with van der Waals surface area (Å²) >= 11 is 16.6. The van der Waals surface area contributed by atoms with Crippen LogP contribution in [0.3, 0.4) is 0 Å². The first-order valence-corrected chi connectivity index (χ1v) is 50.0. The summed E-state index contributed by atoms with van der Waals surface area (Å²) in [4.78, 5) is 100. The van der Waals surface area contributed by atoms with E-state index in [4.69, 9.17) is 11.6 Å². The zero-order chi connectivity index (χ0) is 94.0. The minimum absolute atomic E-state index is 0.0172. The van der Waals surface area contributed by atoms with Crippen LogP contribution in [0.5, 0.6) is 5.75 Å². The molecule has 6 aromatic carbocycles. The SMILES string of the molecule is CC(C)(C)c1ccc(NC(=O)c2cc(-c3ccc(O)cc3)c[nH]2)cc1.CC(C)Cc1ccc(-c2ccc(C(=O)Nc3cccnc3)s2)cc1.CC(C)c1ccc(-c2ccc(C(=O)Nc3cccnc3)s2)cc1.O=C(Nc1ccc(Cl)cc1)c1ccc(-c2ccsc2)s1.O=C(Nc1cccnc1)c1ccc(-c2ccsc2)s1.O=C(Nc1nc(-c2ccc3c(c2)CCC3)cs1)C1CCC(O)C1. The summed E-state index contributed by atoms with van der Waals surface area (Å²) in [6, 6.07) is 77.7. The van der Waals surface area contributed by atoms with Gasteiger partial charge in [0.15, 0.2) is 5.13 Å². The van der Waals surface area contributed by atoms with E-state index in [0.29, 0.717) is 70.7 Å². The fourth-order valence-electron chi connectivity index (χ4n) is 14.4. The van der Waals surface area contributed by atoms with Crippen molar-refractivity contribution >= 4 is 160 Å². The number of carbonyl (C=O) groups is 6. The second-order valence-corrected chi connectivity index (χ2v) is 40.6. The van der Waals surface area contributed by atoms with E-state index in [1.807, 2.05) is 119 Å². The molecule has 0 saturated heterocycles. The molecule has 2 aliphatic rings. The van der Waals surface area contributed by atoms with Gasteiger partial charge >= 0.3 is 0 Å². The normalized spacial score (nSPS) is 12.9. The zero-order valence-corrected chi connectivity index (χ0v) is 81.1. The first kappa shape index (κ1) is 96.8. The Morgan fingerprint density at radius 2 is 0.925 bits per heavy atom. The molecule has 134 heavy (non-hydrogen) atoms. The fraction of sp³-hybridized carbons (Fsp3) is 0.178. The van der Waals surface area contributed by atoms with Gasteiger partial charge in [0.2, 0.25) is 5.91 Å². The van der Waals surface area contributed by atoms with Crippen molar-refractivity contribution in [3.63, 3.8) is 0 Å². The summed E-state index contributed by atoms with van der Waals surface area (Å²) in [5.41, 5.74) is 19.4. The molecule has 0 aliphatic heterocycles. The first-order valence-electron chi connectivity index (χ1n) is 43.6. The summed E-state index contributed by atoms with van der Waals surface area (Å²) in [7, 11) is 0. The number of rotatable bonds is 21. The molecule has 9 N–H and O–H groups in total. The topological polar surface area (TPSA) is 282 Å². The van der Waals surface area contributed by atoms with Crippen LogP contribution in [0.15, 0.2) is 313 Å². The third-order valence-electron chi connectivity index (χ3n) is 21.6. The van der Waals surface area contributed by atoms with Crippen LogP contribution in [0.4, 0.5) is 33.6 Å². The van der Waals surface area contributed by atoms with E-state index in [0.717, 1.165) is 101 Å². The number of aryl methyl sites for hydroxylation is 2. The Bertz CT molecular complexity index is 6690. The van der Waals surface area contributed by atoms with Gasteiger partial charge in [-0.05, 0) is 292 Å². The Labute approximate surface area is 812 Å². The first-order chi connectivity index (χ1) is 64.8. The molecule has 6 amide bonds. The predicted molar refractivity (Wildman–Crippen MR) is 556 cm³/mol. The number of nitrogens with zero attached hydrogens (tertiary/aromatic N) is 4. The van der Waals surface area contributed by atoms with E-state index in [2.05, 4.69) is 195 Å². The van der Waals surface area contributed by atoms with Crippen LogP contribution in [-0.4, -0.2) is 76.7 Å². The van der Waals surface area contributed by atoms with Crippen molar-refractivity contribution in [1.29, 1.82) is 0 Å². The number of aromatic hydroxyl groups is 1. The number of hydrogen-bond acceptors (Lipinski definition) is 19. The number of fused-ring (bicyclic) bond motifs is 1. The lowest BCUT2D eigenvalue weighted by Gasteiger charge is -2.19. The van der Waals surface area contributed by atoms with E-state index < -0.39 is 0 Å². The number of benzene rings is 6.